The lowest BCUT2D eigenvalue weighted by atomic mass is 9.48. The van der Waals surface area contributed by atoms with Crippen LogP contribution in [0.5, 0.6) is 5.75 Å². The Hall–Kier alpha value is -2.55. The molecule has 1 amide bonds. The molecule has 2 N–H and O–H groups in total. The van der Waals surface area contributed by atoms with Crippen molar-refractivity contribution in [3.8, 4) is 11.8 Å². The number of nitrogens with zero attached hydrogens (tertiary/aromatic N) is 2. The van der Waals surface area contributed by atoms with Gasteiger partial charge < -0.3 is 10.5 Å². The molecule has 0 atom stereocenters. The molecule has 1 fully saturated rings. The van der Waals surface area contributed by atoms with Crippen LogP contribution in [0.3, 0.4) is 0 Å². The molecule has 2 aromatic carbocycles. The summed E-state index contributed by atoms with van der Waals surface area (Å²) in [5, 5.41) is 9.53. The quantitative estimate of drug-likeness (QED) is 0.737. The molecule has 6 heteroatoms. The lowest BCUT2D eigenvalue weighted by molar-refractivity contribution is -0.209. The second-order valence-electron chi connectivity index (χ2n) is 10.2. The van der Waals surface area contributed by atoms with E-state index in [1.54, 1.807) is 12.1 Å². The molecule has 4 rings (SSSR count). The van der Waals surface area contributed by atoms with E-state index in [4.69, 9.17) is 27.3 Å². The summed E-state index contributed by atoms with van der Waals surface area (Å²) < 4.78 is 6.45. The standard InChI is InChI=1S/C26H30ClN3O2/c1-25(2)23(26(3,4)24(25)32-20-8-7-19(15-28)21(27)14-20)30-11-9-16-5-6-18(22(29)31)13-17(16)10-12-30/h5-8,13-14,23-24H,9-12H2,1-4H3,(H2,29,31). The minimum Gasteiger partial charge on any atom is -0.489 e. The molecular weight excluding hydrogens is 422 g/mol. The van der Waals surface area contributed by atoms with E-state index in [0.717, 1.165) is 25.9 Å². The smallest absolute Gasteiger partial charge is 0.248 e. The second kappa shape index (κ2) is 8.10. The molecule has 2 aliphatic rings. The van der Waals surface area contributed by atoms with Crippen molar-refractivity contribution < 1.29 is 9.53 Å². The van der Waals surface area contributed by atoms with Crippen molar-refractivity contribution >= 4 is 17.5 Å². The number of rotatable bonds is 4. The third kappa shape index (κ3) is 3.76. The van der Waals surface area contributed by atoms with Crippen LogP contribution in [-0.2, 0) is 12.8 Å². The van der Waals surface area contributed by atoms with Gasteiger partial charge in [0, 0.05) is 41.6 Å². The summed E-state index contributed by atoms with van der Waals surface area (Å²) in [5.41, 5.74) is 8.89. The number of carbonyl (C=O) groups is 1. The molecule has 0 aromatic heterocycles. The second-order valence-corrected chi connectivity index (χ2v) is 10.6. The fraction of sp³-hybridized carbons (Fsp3) is 0.462. The first-order valence-corrected chi connectivity index (χ1v) is 11.5. The summed E-state index contributed by atoms with van der Waals surface area (Å²) in [6, 6.07) is 13.5. The molecule has 1 aliphatic carbocycles. The first kappa shape index (κ1) is 22.6. The van der Waals surface area contributed by atoms with Gasteiger partial charge in [-0.3, -0.25) is 9.69 Å². The molecule has 5 nitrogen and oxygen atoms in total. The zero-order chi connectivity index (χ0) is 23.3. The lowest BCUT2D eigenvalue weighted by Gasteiger charge is -2.66. The van der Waals surface area contributed by atoms with Gasteiger partial charge in [-0.1, -0.05) is 45.4 Å². The minimum absolute atomic E-state index is 0.0103. The third-order valence-corrected chi connectivity index (χ3v) is 7.58. The molecule has 1 saturated carbocycles. The van der Waals surface area contributed by atoms with Gasteiger partial charge in [0.05, 0.1) is 10.6 Å². The van der Waals surface area contributed by atoms with Gasteiger partial charge in [-0.2, -0.15) is 5.26 Å². The van der Waals surface area contributed by atoms with Gasteiger partial charge in [-0.25, -0.2) is 0 Å². The molecule has 1 aliphatic heterocycles. The van der Waals surface area contributed by atoms with Crippen molar-refractivity contribution in [3.63, 3.8) is 0 Å². The van der Waals surface area contributed by atoms with Gasteiger partial charge in [0.1, 0.15) is 17.9 Å². The van der Waals surface area contributed by atoms with Crippen molar-refractivity contribution in [2.24, 2.45) is 16.6 Å². The number of carbonyl (C=O) groups excluding carboxylic acids is 1. The van der Waals surface area contributed by atoms with Gasteiger partial charge in [0.2, 0.25) is 5.91 Å². The summed E-state index contributed by atoms with van der Waals surface area (Å²) in [4.78, 5) is 14.2. The molecule has 32 heavy (non-hydrogen) atoms. The van der Waals surface area contributed by atoms with Crippen LogP contribution < -0.4 is 10.5 Å². The number of nitrogens with two attached hydrogens (primary N) is 1. The zero-order valence-electron chi connectivity index (χ0n) is 19.1. The number of benzene rings is 2. The minimum atomic E-state index is -0.377. The summed E-state index contributed by atoms with van der Waals surface area (Å²) >= 11 is 6.22. The molecule has 1 heterocycles. The van der Waals surface area contributed by atoms with Gasteiger partial charge in [-0.05, 0) is 48.2 Å². The van der Waals surface area contributed by atoms with E-state index in [1.165, 1.54) is 11.1 Å². The highest BCUT2D eigenvalue weighted by Crippen LogP contribution is 2.58. The molecule has 2 aromatic rings. The Morgan fingerprint density at radius 3 is 2.34 bits per heavy atom. The number of halogens is 1. The molecule has 0 spiro atoms. The van der Waals surface area contributed by atoms with Crippen LogP contribution in [0.1, 0.15) is 54.7 Å². The maximum absolute atomic E-state index is 11.6. The highest BCUT2D eigenvalue weighted by molar-refractivity contribution is 6.31. The number of ether oxygens (including phenoxy) is 1. The topological polar surface area (TPSA) is 79.3 Å². The maximum atomic E-state index is 11.6. The van der Waals surface area contributed by atoms with Crippen LogP contribution in [0.4, 0.5) is 0 Å². The molecule has 0 unspecified atom stereocenters. The molecule has 0 radical (unpaired) electrons. The van der Waals surface area contributed by atoms with Gasteiger partial charge in [0.15, 0.2) is 0 Å². The molecule has 168 valence electrons. The molecule has 0 saturated heterocycles. The van der Waals surface area contributed by atoms with Crippen molar-refractivity contribution in [2.75, 3.05) is 13.1 Å². The van der Waals surface area contributed by atoms with Crippen molar-refractivity contribution in [1.29, 1.82) is 5.26 Å². The highest BCUT2D eigenvalue weighted by Gasteiger charge is 2.65. The monoisotopic (exact) mass is 451 g/mol. The average Bonchev–Trinajstić information content (AvgIpc) is 2.93. The Bertz CT molecular complexity index is 1090. The number of amides is 1. The van der Waals surface area contributed by atoms with Crippen molar-refractivity contribution in [2.45, 2.75) is 52.7 Å². The summed E-state index contributed by atoms with van der Waals surface area (Å²) in [6.07, 6.45) is 1.86. The van der Waals surface area contributed by atoms with Crippen molar-refractivity contribution in [1.82, 2.24) is 4.90 Å². The van der Waals surface area contributed by atoms with E-state index in [0.29, 0.717) is 27.9 Å². The third-order valence-electron chi connectivity index (χ3n) is 7.27. The summed E-state index contributed by atoms with van der Waals surface area (Å²) in [6.45, 7) is 11.0. The van der Waals surface area contributed by atoms with Crippen LogP contribution >= 0.6 is 11.6 Å². The zero-order valence-corrected chi connectivity index (χ0v) is 19.9. The summed E-state index contributed by atoms with van der Waals surface area (Å²) in [7, 11) is 0. The number of hydrogen-bond acceptors (Lipinski definition) is 4. The summed E-state index contributed by atoms with van der Waals surface area (Å²) in [5.74, 6) is 0.318. The van der Waals surface area contributed by atoms with E-state index in [1.807, 2.05) is 18.2 Å². The lowest BCUT2D eigenvalue weighted by Crippen LogP contribution is -2.74. The van der Waals surface area contributed by atoms with Gasteiger partial charge >= 0.3 is 0 Å². The van der Waals surface area contributed by atoms with Crippen LogP contribution in [0.25, 0.3) is 0 Å². The first-order valence-electron chi connectivity index (χ1n) is 11.1. The number of nitriles is 1. The normalized spacial score (nSPS) is 23.9. The van der Waals surface area contributed by atoms with Gasteiger partial charge in [0.25, 0.3) is 0 Å². The maximum Gasteiger partial charge on any atom is 0.248 e. The van der Waals surface area contributed by atoms with E-state index in [-0.39, 0.29) is 22.8 Å². The highest BCUT2D eigenvalue weighted by atomic mass is 35.5. The number of hydrogen-bond donors (Lipinski definition) is 1. The Labute approximate surface area is 195 Å². The number of fused-ring (bicyclic) bond motifs is 1. The fourth-order valence-electron chi connectivity index (χ4n) is 6.30. The van der Waals surface area contributed by atoms with E-state index in [9.17, 15) is 4.79 Å². The van der Waals surface area contributed by atoms with Crippen LogP contribution in [-0.4, -0.2) is 36.0 Å². The van der Waals surface area contributed by atoms with Crippen molar-refractivity contribution in [3.05, 3.63) is 63.7 Å². The van der Waals surface area contributed by atoms with Gasteiger partial charge in [-0.15, -0.1) is 0 Å². The van der Waals surface area contributed by atoms with Crippen LogP contribution in [0.15, 0.2) is 36.4 Å². The van der Waals surface area contributed by atoms with Crippen LogP contribution in [0, 0.1) is 22.2 Å². The SMILES string of the molecule is CC1(C)C(Oc2ccc(C#N)c(Cl)c2)C(C)(C)C1N1CCc2ccc(C(N)=O)cc2CC1. The molecule has 0 bridgehead atoms. The van der Waals surface area contributed by atoms with E-state index >= 15 is 0 Å². The average molecular weight is 452 g/mol. The van der Waals surface area contributed by atoms with E-state index < -0.39 is 0 Å². The Balaban J connectivity index is 1.52. The molecular formula is C26H30ClN3O2. The van der Waals surface area contributed by atoms with Crippen LogP contribution in [0.2, 0.25) is 5.02 Å². The Morgan fingerprint density at radius 1 is 1.09 bits per heavy atom. The predicted octanol–water partition coefficient (Wildman–Crippen LogP) is 4.59. The predicted molar refractivity (Wildman–Crippen MR) is 126 cm³/mol. The first-order chi connectivity index (χ1) is 15.1. The fourth-order valence-corrected chi connectivity index (χ4v) is 6.52. The largest absolute Gasteiger partial charge is 0.489 e. The Morgan fingerprint density at radius 2 is 1.75 bits per heavy atom. The van der Waals surface area contributed by atoms with E-state index in [2.05, 4.69) is 44.7 Å². The number of primary amides is 1. The Kier molecular flexibility index (Phi) is 5.73.